The SMILES string of the molecule is COc1cc([N+](=O)[O-])ccc1NC(=O)C(=Cc1ccc([N+](=O)[O-])cc1)NC(=O)c1ccc(C(C)(C)C)cc1. The van der Waals surface area contributed by atoms with Crippen LogP contribution in [0.4, 0.5) is 17.1 Å². The Bertz CT molecular complexity index is 1410. The number of benzene rings is 3. The van der Waals surface area contributed by atoms with E-state index in [1.54, 1.807) is 12.1 Å². The van der Waals surface area contributed by atoms with E-state index >= 15 is 0 Å². The third kappa shape index (κ3) is 6.78. The molecule has 0 spiro atoms. The van der Waals surface area contributed by atoms with Gasteiger partial charge in [0, 0.05) is 23.8 Å². The number of methoxy groups -OCH3 is 1. The third-order valence-electron chi connectivity index (χ3n) is 5.56. The molecule has 3 aromatic rings. The van der Waals surface area contributed by atoms with E-state index in [2.05, 4.69) is 10.6 Å². The fraction of sp³-hybridized carbons (Fsp3) is 0.185. The van der Waals surface area contributed by atoms with Crippen LogP contribution in [-0.4, -0.2) is 28.8 Å². The van der Waals surface area contributed by atoms with Gasteiger partial charge in [0.15, 0.2) is 0 Å². The number of rotatable bonds is 8. The van der Waals surface area contributed by atoms with Gasteiger partial charge in [0.25, 0.3) is 23.2 Å². The minimum Gasteiger partial charge on any atom is -0.494 e. The van der Waals surface area contributed by atoms with E-state index in [4.69, 9.17) is 4.74 Å². The number of nitro benzene ring substituents is 2. The molecular formula is C27H26N4O7. The number of nitrogens with one attached hydrogen (secondary N) is 2. The summed E-state index contributed by atoms with van der Waals surface area (Å²) in [6.45, 7) is 6.14. The van der Waals surface area contributed by atoms with Gasteiger partial charge in [-0.25, -0.2) is 0 Å². The molecule has 0 aliphatic carbocycles. The maximum atomic E-state index is 13.2. The van der Waals surface area contributed by atoms with Crippen molar-refractivity contribution in [1.82, 2.24) is 5.32 Å². The highest BCUT2D eigenvalue weighted by molar-refractivity contribution is 6.11. The van der Waals surface area contributed by atoms with Crippen molar-refractivity contribution in [3.05, 3.63) is 109 Å². The number of non-ortho nitro benzene ring substituents is 2. The Morgan fingerprint density at radius 3 is 1.97 bits per heavy atom. The minimum absolute atomic E-state index is 0.0475. The van der Waals surface area contributed by atoms with Gasteiger partial charge in [-0.2, -0.15) is 0 Å². The Labute approximate surface area is 218 Å². The summed E-state index contributed by atoms with van der Waals surface area (Å²) in [7, 11) is 1.30. The predicted octanol–water partition coefficient (Wildman–Crippen LogP) is 5.22. The molecular weight excluding hydrogens is 492 g/mol. The van der Waals surface area contributed by atoms with Crippen LogP contribution in [0.1, 0.15) is 42.3 Å². The van der Waals surface area contributed by atoms with E-state index in [0.29, 0.717) is 11.1 Å². The number of carbonyl (C=O) groups is 2. The lowest BCUT2D eigenvalue weighted by molar-refractivity contribution is -0.385. The molecule has 0 aliphatic heterocycles. The topological polar surface area (TPSA) is 154 Å². The zero-order chi connectivity index (χ0) is 28.0. The van der Waals surface area contributed by atoms with Crippen LogP contribution in [0.3, 0.4) is 0 Å². The number of ether oxygens (including phenoxy) is 1. The van der Waals surface area contributed by atoms with E-state index in [1.807, 2.05) is 32.9 Å². The molecule has 11 nitrogen and oxygen atoms in total. The first kappa shape index (κ1) is 27.5. The Hall–Kier alpha value is -5.06. The van der Waals surface area contributed by atoms with E-state index in [-0.39, 0.29) is 33.9 Å². The minimum atomic E-state index is -0.741. The van der Waals surface area contributed by atoms with E-state index in [9.17, 15) is 29.8 Å². The second kappa shape index (κ2) is 11.3. The molecule has 0 heterocycles. The highest BCUT2D eigenvalue weighted by Crippen LogP contribution is 2.29. The smallest absolute Gasteiger partial charge is 0.273 e. The fourth-order valence-corrected chi connectivity index (χ4v) is 3.42. The van der Waals surface area contributed by atoms with Gasteiger partial charge in [0.1, 0.15) is 11.4 Å². The van der Waals surface area contributed by atoms with Crippen molar-refractivity contribution < 1.29 is 24.2 Å². The molecule has 0 bridgehead atoms. The Kier molecular flexibility index (Phi) is 8.21. The average molecular weight is 519 g/mol. The van der Waals surface area contributed by atoms with Crippen LogP contribution in [0.5, 0.6) is 5.75 Å². The average Bonchev–Trinajstić information content (AvgIpc) is 2.88. The highest BCUT2D eigenvalue weighted by Gasteiger charge is 2.20. The van der Waals surface area contributed by atoms with Gasteiger partial charge in [-0.3, -0.25) is 29.8 Å². The van der Waals surface area contributed by atoms with Crippen molar-refractivity contribution in [3.8, 4) is 5.75 Å². The van der Waals surface area contributed by atoms with E-state index in [0.717, 1.165) is 11.6 Å². The van der Waals surface area contributed by atoms with Gasteiger partial charge in [0.2, 0.25) is 0 Å². The molecule has 0 radical (unpaired) electrons. The van der Waals surface area contributed by atoms with Crippen LogP contribution in [0.25, 0.3) is 6.08 Å². The molecule has 2 N–H and O–H groups in total. The first-order chi connectivity index (χ1) is 17.9. The van der Waals surface area contributed by atoms with Crippen LogP contribution < -0.4 is 15.4 Å². The molecule has 196 valence electrons. The molecule has 38 heavy (non-hydrogen) atoms. The van der Waals surface area contributed by atoms with Crippen molar-refractivity contribution in [2.75, 3.05) is 12.4 Å². The monoisotopic (exact) mass is 518 g/mol. The molecule has 0 aromatic heterocycles. The summed E-state index contributed by atoms with van der Waals surface area (Å²) in [5.41, 5.74) is 1.26. The molecule has 0 saturated heterocycles. The second-order valence-corrected chi connectivity index (χ2v) is 9.28. The first-order valence-electron chi connectivity index (χ1n) is 11.4. The fourth-order valence-electron chi connectivity index (χ4n) is 3.42. The molecule has 3 aromatic carbocycles. The molecule has 0 aliphatic rings. The summed E-state index contributed by atoms with van der Waals surface area (Å²) >= 11 is 0. The maximum absolute atomic E-state index is 13.2. The van der Waals surface area contributed by atoms with Crippen molar-refractivity contribution in [1.29, 1.82) is 0 Å². The number of amides is 2. The molecule has 3 rings (SSSR count). The van der Waals surface area contributed by atoms with Crippen molar-refractivity contribution in [2.45, 2.75) is 26.2 Å². The lowest BCUT2D eigenvalue weighted by Crippen LogP contribution is -2.31. The number of anilines is 1. The Morgan fingerprint density at radius 1 is 0.868 bits per heavy atom. The number of nitro groups is 2. The lowest BCUT2D eigenvalue weighted by atomic mass is 9.87. The van der Waals surface area contributed by atoms with Gasteiger partial charge < -0.3 is 15.4 Å². The molecule has 0 saturated carbocycles. The van der Waals surface area contributed by atoms with Gasteiger partial charge in [-0.15, -0.1) is 0 Å². The normalized spacial score (nSPS) is 11.4. The summed E-state index contributed by atoms with van der Waals surface area (Å²) in [6, 6.07) is 16.0. The first-order valence-corrected chi connectivity index (χ1v) is 11.4. The van der Waals surface area contributed by atoms with Crippen molar-refractivity contribution in [3.63, 3.8) is 0 Å². The van der Waals surface area contributed by atoms with Crippen LogP contribution in [0.15, 0.2) is 72.4 Å². The number of nitrogens with zero attached hydrogens (tertiary/aromatic N) is 2. The summed E-state index contributed by atoms with van der Waals surface area (Å²) < 4.78 is 5.17. The summed E-state index contributed by atoms with van der Waals surface area (Å²) in [5, 5.41) is 27.2. The molecule has 0 unspecified atom stereocenters. The summed E-state index contributed by atoms with van der Waals surface area (Å²) in [5.74, 6) is -1.24. The number of hydrogen-bond acceptors (Lipinski definition) is 7. The number of carbonyl (C=O) groups excluding carboxylic acids is 2. The largest absolute Gasteiger partial charge is 0.494 e. The Morgan fingerprint density at radius 2 is 1.45 bits per heavy atom. The standard InChI is InChI=1S/C27H26N4O7/c1-27(2,3)19-9-7-18(8-10-19)25(32)29-23(15-17-5-11-20(12-6-17)30(34)35)26(33)28-22-14-13-21(31(36)37)16-24(22)38-4/h5-16H,1-4H3,(H,28,33)(H,29,32). The Balaban J connectivity index is 1.94. The predicted molar refractivity (Wildman–Crippen MR) is 142 cm³/mol. The molecule has 11 heteroatoms. The molecule has 0 fully saturated rings. The quantitative estimate of drug-likeness (QED) is 0.235. The highest BCUT2D eigenvalue weighted by atomic mass is 16.6. The molecule has 0 atom stereocenters. The van der Waals surface area contributed by atoms with Crippen molar-refractivity contribution >= 4 is 35.0 Å². The lowest BCUT2D eigenvalue weighted by Gasteiger charge is -2.19. The summed E-state index contributed by atoms with van der Waals surface area (Å²) in [6.07, 6.45) is 1.36. The third-order valence-corrected chi connectivity index (χ3v) is 5.56. The van der Waals surface area contributed by atoms with Gasteiger partial charge >= 0.3 is 0 Å². The van der Waals surface area contributed by atoms with Gasteiger partial charge in [-0.05, 0) is 52.9 Å². The number of hydrogen-bond donors (Lipinski definition) is 2. The molecule has 2 amide bonds. The van der Waals surface area contributed by atoms with Crippen LogP contribution in [0, 0.1) is 20.2 Å². The maximum Gasteiger partial charge on any atom is 0.273 e. The van der Waals surface area contributed by atoms with E-state index in [1.165, 1.54) is 49.6 Å². The van der Waals surface area contributed by atoms with Gasteiger partial charge in [-0.1, -0.05) is 32.9 Å². The van der Waals surface area contributed by atoms with E-state index < -0.39 is 21.7 Å². The zero-order valence-corrected chi connectivity index (χ0v) is 21.2. The second-order valence-electron chi connectivity index (χ2n) is 9.28. The zero-order valence-electron chi connectivity index (χ0n) is 21.2. The van der Waals surface area contributed by atoms with Crippen LogP contribution in [-0.2, 0) is 10.2 Å². The van der Waals surface area contributed by atoms with Gasteiger partial charge in [0.05, 0.1) is 28.7 Å². The van der Waals surface area contributed by atoms with Crippen molar-refractivity contribution in [2.24, 2.45) is 0 Å². The van der Waals surface area contributed by atoms with Crippen LogP contribution in [0.2, 0.25) is 0 Å². The summed E-state index contributed by atoms with van der Waals surface area (Å²) in [4.78, 5) is 47.2. The van der Waals surface area contributed by atoms with Crippen LogP contribution >= 0.6 is 0 Å².